The molecule has 1 aromatic rings. The Morgan fingerprint density at radius 1 is 1.29 bits per heavy atom. The molecule has 0 heterocycles. The first kappa shape index (κ1) is 13.0. The van der Waals surface area contributed by atoms with E-state index in [1.54, 1.807) is 0 Å². The molecule has 14 heavy (non-hydrogen) atoms. The van der Waals surface area contributed by atoms with Crippen LogP contribution < -0.4 is 5.32 Å². The first-order chi connectivity index (χ1) is 6.18. The van der Waals surface area contributed by atoms with Crippen molar-refractivity contribution in [2.24, 2.45) is 0 Å². The van der Waals surface area contributed by atoms with Gasteiger partial charge in [-0.1, -0.05) is 30.3 Å². The van der Waals surface area contributed by atoms with Crippen molar-refractivity contribution in [2.45, 2.75) is 26.3 Å². The van der Waals surface area contributed by atoms with Gasteiger partial charge in [0.15, 0.2) is 0 Å². The molecule has 0 aliphatic heterocycles. The minimum atomic E-state index is 0. The van der Waals surface area contributed by atoms with Crippen LogP contribution in [0, 0.1) is 0 Å². The minimum absolute atomic E-state index is 0. The van der Waals surface area contributed by atoms with Crippen molar-refractivity contribution in [1.82, 2.24) is 5.32 Å². The number of hydrogen-bond acceptors (Lipinski definition) is 1. The summed E-state index contributed by atoms with van der Waals surface area (Å²) >= 11 is 0. The summed E-state index contributed by atoms with van der Waals surface area (Å²) in [5, 5.41) is 2.85. The summed E-state index contributed by atoms with van der Waals surface area (Å²) in [6, 6.07) is 9.97. The van der Waals surface area contributed by atoms with Gasteiger partial charge in [-0.2, -0.15) is 0 Å². The van der Waals surface area contributed by atoms with Gasteiger partial charge >= 0.3 is 0 Å². The van der Waals surface area contributed by atoms with Crippen LogP contribution in [0.3, 0.4) is 0 Å². The SMILES string of the molecule is CC(C)NC(=O)Cc1ccccc1.Cl. The number of halogens is 1. The van der Waals surface area contributed by atoms with E-state index >= 15 is 0 Å². The smallest absolute Gasteiger partial charge is 0.224 e. The van der Waals surface area contributed by atoms with Crippen molar-refractivity contribution < 1.29 is 4.79 Å². The van der Waals surface area contributed by atoms with E-state index in [0.717, 1.165) is 5.56 Å². The molecule has 0 spiro atoms. The summed E-state index contributed by atoms with van der Waals surface area (Å²) in [7, 11) is 0. The predicted octanol–water partition coefficient (Wildman–Crippen LogP) is 2.18. The zero-order valence-electron chi connectivity index (χ0n) is 8.49. The van der Waals surface area contributed by atoms with Gasteiger partial charge < -0.3 is 5.32 Å². The lowest BCUT2D eigenvalue weighted by atomic mass is 10.1. The average Bonchev–Trinajstić information content (AvgIpc) is 2.04. The van der Waals surface area contributed by atoms with Crippen LogP contribution in [-0.2, 0) is 11.2 Å². The summed E-state index contributed by atoms with van der Waals surface area (Å²) in [4.78, 5) is 11.3. The van der Waals surface area contributed by atoms with Crippen molar-refractivity contribution in [2.75, 3.05) is 0 Å². The molecule has 0 aromatic heterocycles. The van der Waals surface area contributed by atoms with Gasteiger partial charge in [0.05, 0.1) is 6.42 Å². The lowest BCUT2D eigenvalue weighted by molar-refractivity contribution is -0.120. The fourth-order valence-corrected chi connectivity index (χ4v) is 1.15. The maximum atomic E-state index is 11.3. The van der Waals surface area contributed by atoms with E-state index in [-0.39, 0.29) is 24.4 Å². The average molecular weight is 214 g/mol. The van der Waals surface area contributed by atoms with Crippen molar-refractivity contribution in [1.29, 1.82) is 0 Å². The Morgan fingerprint density at radius 3 is 2.36 bits per heavy atom. The number of hydrogen-bond donors (Lipinski definition) is 1. The molecule has 1 rings (SSSR count). The summed E-state index contributed by atoms with van der Waals surface area (Å²) in [6.07, 6.45) is 0.471. The van der Waals surface area contributed by atoms with Gasteiger partial charge in [-0.15, -0.1) is 12.4 Å². The van der Waals surface area contributed by atoms with Crippen LogP contribution in [0.4, 0.5) is 0 Å². The summed E-state index contributed by atoms with van der Waals surface area (Å²) in [6.45, 7) is 3.92. The molecule has 0 fully saturated rings. The predicted molar refractivity (Wildman–Crippen MR) is 60.7 cm³/mol. The van der Waals surface area contributed by atoms with Crippen LogP contribution >= 0.6 is 12.4 Å². The molecule has 2 nitrogen and oxygen atoms in total. The van der Waals surface area contributed by atoms with Gasteiger partial charge in [-0.25, -0.2) is 0 Å². The summed E-state index contributed by atoms with van der Waals surface area (Å²) < 4.78 is 0. The molecule has 0 aliphatic rings. The quantitative estimate of drug-likeness (QED) is 0.820. The lowest BCUT2D eigenvalue weighted by Crippen LogP contribution is -2.31. The number of carbonyl (C=O) groups is 1. The number of carbonyl (C=O) groups excluding carboxylic acids is 1. The second-order valence-electron chi connectivity index (χ2n) is 3.38. The molecule has 0 saturated heterocycles. The molecule has 0 unspecified atom stereocenters. The molecule has 0 bridgehead atoms. The van der Waals surface area contributed by atoms with Gasteiger partial charge in [-0.05, 0) is 19.4 Å². The third-order valence-electron chi connectivity index (χ3n) is 1.66. The molecule has 1 amide bonds. The van der Waals surface area contributed by atoms with E-state index in [1.165, 1.54) is 0 Å². The van der Waals surface area contributed by atoms with Gasteiger partial charge in [-0.3, -0.25) is 4.79 Å². The van der Waals surface area contributed by atoms with Gasteiger partial charge in [0.2, 0.25) is 5.91 Å². The highest BCUT2D eigenvalue weighted by Gasteiger charge is 2.03. The van der Waals surface area contributed by atoms with Gasteiger partial charge in [0.25, 0.3) is 0 Å². The highest BCUT2D eigenvalue weighted by Crippen LogP contribution is 1.99. The zero-order valence-corrected chi connectivity index (χ0v) is 9.30. The molecule has 1 aromatic carbocycles. The first-order valence-corrected chi connectivity index (χ1v) is 4.52. The van der Waals surface area contributed by atoms with E-state index in [2.05, 4.69) is 5.32 Å². The second-order valence-corrected chi connectivity index (χ2v) is 3.38. The Morgan fingerprint density at radius 2 is 1.86 bits per heavy atom. The van der Waals surface area contributed by atoms with Crippen molar-refractivity contribution >= 4 is 18.3 Å². The second kappa shape index (κ2) is 6.44. The molecule has 0 saturated carbocycles. The van der Waals surface area contributed by atoms with E-state index in [4.69, 9.17) is 0 Å². The van der Waals surface area contributed by atoms with E-state index in [1.807, 2.05) is 44.2 Å². The van der Waals surface area contributed by atoms with E-state index in [9.17, 15) is 4.79 Å². The zero-order chi connectivity index (χ0) is 9.68. The Bertz CT molecular complexity index is 272. The molecule has 78 valence electrons. The largest absolute Gasteiger partial charge is 0.354 e. The van der Waals surface area contributed by atoms with Crippen LogP contribution in [0.25, 0.3) is 0 Å². The highest BCUT2D eigenvalue weighted by atomic mass is 35.5. The molecule has 0 aliphatic carbocycles. The molecule has 3 heteroatoms. The van der Waals surface area contributed by atoms with Crippen molar-refractivity contribution in [3.8, 4) is 0 Å². The number of amides is 1. The van der Waals surface area contributed by atoms with Crippen molar-refractivity contribution in [3.63, 3.8) is 0 Å². The Balaban J connectivity index is 0.00000169. The van der Waals surface area contributed by atoms with Crippen LogP contribution in [-0.4, -0.2) is 11.9 Å². The number of rotatable bonds is 3. The Kier molecular flexibility index (Phi) is 5.97. The first-order valence-electron chi connectivity index (χ1n) is 4.52. The standard InChI is InChI=1S/C11H15NO.ClH/c1-9(2)12-11(13)8-10-6-4-3-5-7-10;/h3-7,9H,8H2,1-2H3,(H,12,13);1H. The molecular formula is C11H16ClNO. The van der Waals surface area contributed by atoms with Crippen LogP contribution in [0.1, 0.15) is 19.4 Å². The maximum absolute atomic E-state index is 11.3. The monoisotopic (exact) mass is 213 g/mol. The van der Waals surface area contributed by atoms with Crippen LogP contribution in [0.15, 0.2) is 30.3 Å². The summed E-state index contributed by atoms with van der Waals surface area (Å²) in [5.41, 5.74) is 1.06. The minimum Gasteiger partial charge on any atom is -0.354 e. The Labute approximate surface area is 91.1 Å². The fourth-order valence-electron chi connectivity index (χ4n) is 1.15. The number of nitrogens with one attached hydrogen (secondary N) is 1. The van der Waals surface area contributed by atoms with Crippen LogP contribution in [0.5, 0.6) is 0 Å². The lowest BCUT2D eigenvalue weighted by Gasteiger charge is -2.07. The highest BCUT2D eigenvalue weighted by molar-refractivity contribution is 5.85. The Hall–Kier alpha value is -1.02. The topological polar surface area (TPSA) is 29.1 Å². The van der Waals surface area contributed by atoms with Gasteiger partial charge in [0.1, 0.15) is 0 Å². The normalized spacial score (nSPS) is 9.36. The van der Waals surface area contributed by atoms with E-state index < -0.39 is 0 Å². The molecular weight excluding hydrogens is 198 g/mol. The van der Waals surface area contributed by atoms with Crippen molar-refractivity contribution in [3.05, 3.63) is 35.9 Å². The number of benzene rings is 1. The third-order valence-corrected chi connectivity index (χ3v) is 1.66. The van der Waals surface area contributed by atoms with E-state index in [0.29, 0.717) is 6.42 Å². The third kappa shape index (κ3) is 4.87. The van der Waals surface area contributed by atoms with Crippen LogP contribution in [0.2, 0.25) is 0 Å². The fraction of sp³-hybridized carbons (Fsp3) is 0.364. The maximum Gasteiger partial charge on any atom is 0.224 e. The molecule has 0 atom stereocenters. The molecule has 1 N–H and O–H groups in total. The van der Waals surface area contributed by atoms with Gasteiger partial charge in [0, 0.05) is 6.04 Å². The summed E-state index contributed by atoms with van der Waals surface area (Å²) in [5.74, 6) is 0.0844. The molecule has 0 radical (unpaired) electrons.